The van der Waals surface area contributed by atoms with E-state index in [-0.39, 0.29) is 23.8 Å². The average molecular weight is 288 g/mol. The van der Waals surface area contributed by atoms with Crippen LogP contribution in [0.4, 0.5) is 5.69 Å². The largest absolute Gasteiger partial charge is 0.396 e. The van der Waals surface area contributed by atoms with Gasteiger partial charge in [-0.3, -0.25) is 4.79 Å². The summed E-state index contributed by atoms with van der Waals surface area (Å²) in [6, 6.07) is 8.04. The number of benzene rings is 1. The van der Waals surface area contributed by atoms with Crippen molar-refractivity contribution in [1.82, 2.24) is 5.32 Å². The van der Waals surface area contributed by atoms with Gasteiger partial charge >= 0.3 is 0 Å². The number of amides is 1. The summed E-state index contributed by atoms with van der Waals surface area (Å²) < 4.78 is 0. The summed E-state index contributed by atoms with van der Waals surface area (Å²) in [7, 11) is 0. The Morgan fingerprint density at radius 3 is 2.86 bits per heavy atom. The number of rotatable bonds is 4. The Morgan fingerprint density at radius 2 is 2.10 bits per heavy atom. The fourth-order valence-corrected chi connectivity index (χ4v) is 3.65. The molecule has 1 aliphatic carbocycles. The quantitative estimate of drug-likeness (QED) is 0.796. The molecule has 4 heteroatoms. The number of nitrogens with one attached hydrogen (secondary N) is 2. The molecule has 0 spiro atoms. The third-order valence-corrected chi connectivity index (χ3v) is 5.04. The summed E-state index contributed by atoms with van der Waals surface area (Å²) in [5, 5.41) is 16.1. The number of hydrogen-bond acceptors (Lipinski definition) is 3. The van der Waals surface area contributed by atoms with E-state index in [1.54, 1.807) is 0 Å². The van der Waals surface area contributed by atoms with Crippen molar-refractivity contribution < 1.29 is 9.90 Å². The second kappa shape index (κ2) is 6.06. The summed E-state index contributed by atoms with van der Waals surface area (Å²) in [4.78, 5) is 12.6. The molecule has 1 aromatic carbocycles. The van der Waals surface area contributed by atoms with E-state index < -0.39 is 0 Å². The van der Waals surface area contributed by atoms with Crippen molar-refractivity contribution in [2.75, 3.05) is 25.0 Å². The highest BCUT2D eigenvalue weighted by Crippen LogP contribution is 2.37. The van der Waals surface area contributed by atoms with Crippen LogP contribution in [-0.2, 0) is 4.79 Å². The third kappa shape index (κ3) is 2.91. The van der Waals surface area contributed by atoms with Gasteiger partial charge in [-0.1, -0.05) is 31.0 Å². The molecule has 1 aliphatic heterocycles. The van der Waals surface area contributed by atoms with E-state index in [0.717, 1.165) is 49.9 Å². The molecule has 114 valence electrons. The molecule has 1 fully saturated rings. The van der Waals surface area contributed by atoms with Gasteiger partial charge in [-0.2, -0.15) is 0 Å². The Labute approximate surface area is 125 Å². The van der Waals surface area contributed by atoms with Gasteiger partial charge < -0.3 is 15.7 Å². The van der Waals surface area contributed by atoms with Gasteiger partial charge in [-0.05, 0) is 30.9 Å². The molecule has 21 heavy (non-hydrogen) atoms. The van der Waals surface area contributed by atoms with Crippen LogP contribution in [0.3, 0.4) is 0 Å². The van der Waals surface area contributed by atoms with E-state index in [4.69, 9.17) is 0 Å². The Balaban J connectivity index is 1.66. The second-order valence-electron chi connectivity index (χ2n) is 6.44. The molecular formula is C17H24N2O2. The Hall–Kier alpha value is -1.55. The number of aliphatic hydroxyl groups excluding tert-OH is 1. The van der Waals surface area contributed by atoms with Crippen molar-refractivity contribution in [1.29, 1.82) is 0 Å². The van der Waals surface area contributed by atoms with Crippen LogP contribution in [0, 0.1) is 5.41 Å². The van der Waals surface area contributed by atoms with Crippen LogP contribution in [0.5, 0.6) is 0 Å². The van der Waals surface area contributed by atoms with Gasteiger partial charge in [-0.25, -0.2) is 0 Å². The van der Waals surface area contributed by atoms with Crippen molar-refractivity contribution in [3.63, 3.8) is 0 Å². The van der Waals surface area contributed by atoms with E-state index in [9.17, 15) is 9.90 Å². The zero-order valence-corrected chi connectivity index (χ0v) is 12.4. The molecule has 1 unspecified atom stereocenters. The highest BCUT2D eigenvalue weighted by molar-refractivity contribution is 5.86. The molecule has 2 aliphatic rings. The SMILES string of the molecule is O=C(NCC1(CO)CCCC1)C1CCNc2ccccc21. The number of hydrogen-bond donors (Lipinski definition) is 3. The molecule has 1 amide bonds. The van der Waals surface area contributed by atoms with E-state index >= 15 is 0 Å². The molecule has 1 aromatic rings. The van der Waals surface area contributed by atoms with Gasteiger partial charge in [0, 0.05) is 24.2 Å². The van der Waals surface area contributed by atoms with Crippen LogP contribution in [0.2, 0.25) is 0 Å². The molecule has 1 saturated carbocycles. The summed E-state index contributed by atoms with van der Waals surface area (Å²) in [5.74, 6) is 0.0308. The minimum absolute atomic E-state index is 0.0698. The van der Waals surface area contributed by atoms with Crippen molar-refractivity contribution in [2.24, 2.45) is 5.41 Å². The van der Waals surface area contributed by atoms with E-state index in [2.05, 4.69) is 10.6 Å². The number of anilines is 1. The fourth-order valence-electron chi connectivity index (χ4n) is 3.65. The van der Waals surface area contributed by atoms with Crippen LogP contribution in [0.25, 0.3) is 0 Å². The summed E-state index contributed by atoms with van der Waals surface area (Å²) >= 11 is 0. The van der Waals surface area contributed by atoms with Crippen LogP contribution in [-0.4, -0.2) is 30.7 Å². The molecule has 3 N–H and O–H groups in total. The first-order chi connectivity index (χ1) is 10.2. The molecule has 4 nitrogen and oxygen atoms in total. The van der Waals surface area contributed by atoms with Gasteiger partial charge in [0.05, 0.1) is 12.5 Å². The van der Waals surface area contributed by atoms with Crippen molar-refractivity contribution in [3.05, 3.63) is 29.8 Å². The molecule has 0 saturated heterocycles. The van der Waals surface area contributed by atoms with Gasteiger partial charge in [0.25, 0.3) is 0 Å². The second-order valence-corrected chi connectivity index (χ2v) is 6.44. The van der Waals surface area contributed by atoms with Gasteiger partial charge in [-0.15, -0.1) is 0 Å². The maximum Gasteiger partial charge on any atom is 0.227 e. The van der Waals surface area contributed by atoms with Crippen LogP contribution in [0.15, 0.2) is 24.3 Å². The lowest BCUT2D eigenvalue weighted by molar-refractivity contribution is -0.123. The molecule has 1 atom stereocenters. The van der Waals surface area contributed by atoms with Crippen molar-refractivity contribution >= 4 is 11.6 Å². The first kappa shape index (κ1) is 14.4. The Kier molecular flexibility index (Phi) is 4.15. The van der Waals surface area contributed by atoms with Gasteiger partial charge in [0.2, 0.25) is 5.91 Å². The lowest BCUT2D eigenvalue weighted by Gasteiger charge is -2.30. The molecule has 0 aromatic heterocycles. The first-order valence-corrected chi connectivity index (χ1v) is 7.95. The summed E-state index contributed by atoms with van der Waals surface area (Å²) in [6.45, 7) is 1.62. The van der Waals surface area contributed by atoms with E-state index in [1.807, 2.05) is 24.3 Å². The zero-order chi connectivity index (χ0) is 14.7. The van der Waals surface area contributed by atoms with Crippen molar-refractivity contribution in [2.45, 2.75) is 38.0 Å². The van der Waals surface area contributed by atoms with E-state index in [0.29, 0.717) is 6.54 Å². The van der Waals surface area contributed by atoms with E-state index in [1.165, 1.54) is 0 Å². The number of para-hydroxylation sites is 1. The van der Waals surface area contributed by atoms with Crippen molar-refractivity contribution in [3.8, 4) is 0 Å². The minimum atomic E-state index is -0.0813. The number of carbonyl (C=O) groups is 1. The van der Waals surface area contributed by atoms with Crippen LogP contribution < -0.4 is 10.6 Å². The summed E-state index contributed by atoms with van der Waals surface area (Å²) in [6.07, 6.45) is 5.19. The zero-order valence-electron chi connectivity index (χ0n) is 12.4. The van der Waals surface area contributed by atoms with Gasteiger partial charge in [0.15, 0.2) is 0 Å². The third-order valence-electron chi connectivity index (χ3n) is 5.04. The smallest absolute Gasteiger partial charge is 0.227 e. The minimum Gasteiger partial charge on any atom is -0.396 e. The average Bonchev–Trinajstić information content (AvgIpc) is 3.01. The Morgan fingerprint density at radius 1 is 1.33 bits per heavy atom. The molecule has 0 radical (unpaired) electrons. The first-order valence-electron chi connectivity index (χ1n) is 7.95. The molecule has 3 rings (SSSR count). The number of fused-ring (bicyclic) bond motifs is 1. The summed E-state index contributed by atoms with van der Waals surface area (Å²) in [5.41, 5.74) is 2.08. The number of aliphatic hydroxyl groups is 1. The topological polar surface area (TPSA) is 61.4 Å². The monoisotopic (exact) mass is 288 g/mol. The standard InChI is InChI=1S/C17H24N2O2/c20-12-17(8-3-4-9-17)11-19-16(21)14-7-10-18-15-6-2-1-5-13(14)15/h1-2,5-6,14,18,20H,3-4,7-12H2,(H,19,21). The fraction of sp³-hybridized carbons (Fsp3) is 0.588. The highest BCUT2D eigenvalue weighted by Gasteiger charge is 2.34. The predicted molar refractivity (Wildman–Crippen MR) is 83.3 cm³/mol. The normalized spacial score (nSPS) is 23.2. The maximum absolute atomic E-state index is 12.6. The number of carbonyl (C=O) groups excluding carboxylic acids is 1. The maximum atomic E-state index is 12.6. The van der Waals surface area contributed by atoms with Crippen LogP contribution >= 0.6 is 0 Å². The van der Waals surface area contributed by atoms with Gasteiger partial charge in [0.1, 0.15) is 0 Å². The molecule has 1 heterocycles. The molecular weight excluding hydrogens is 264 g/mol. The van der Waals surface area contributed by atoms with Crippen LogP contribution in [0.1, 0.15) is 43.6 Å². The molecule has 0 bridgehead atoms. The lowest BCUT2D eigenvalue weighted by Crippen LogP contribution is -2.41. The highest BCUT2D eigenvalue weighted by atomic mass is 16.3. The predicted octanol–water partition coefficient (Wildman–Crippen LogP) is 2.25. The Bertz CT molecular complexity index is 509. The lowest BCUT2D eigenvalue weighted by atomic mass is 9.86.